The third kappa shape index (κ3) is 2.11. The lowest BCUT2D eigenvalue weighted by atomic mass is 10.2. The van der Waals surface area contributed by atoms with Crippen molar-refractivity contribution in [1.29, 1.82) is 0 Å². The summed E-state index contributed by atoms with van der Waals surface area (Å²) in [7, 11) is 0. The number of ether oxygens (including phenoxy) is 1. The second-order valence-electron chi connectivity index (χ2n) is 3.78. The standard InChI is InChI=1S/C13H12OS2/c1-2-6-13-12(5-1)14-10(9-16-13)8-11-4-3-7-15-11/h1-7,10H,8-9H2. The van der Waals surface area contributed by atoms with Crippen LogP contribution >= 0.6 is 23.1 Å². The Hall–Kier alpha value is -0.930. The largest absolute Gasteiger partial charge is 0.488 e. The van der Waals surface area contributed by atoms with E-state index in [2.05, 4.69) is 35.7 Å². The molecule has 0 saturated carbocycles. The van der Waals surface area contributed by atoms with Crippen LogP contribution in [0.15, 0.2) is 46.7 Å². The zero-order valence-corrected chi connectivity index (χ0v) is 10.4. The van der Waals surface area contributed by atoms with Crippen LogP contribution in [0.5, 0.6) is 5.75 Å². The minimum Gasteiger partial charge on any atom is -0.488 e. The van der Waals surface area contributed by atoms with E-state index in [1.807, 2.05) is 29.2 Å². The van der Waals surface area contributed by atoms with Crippen molar-refractivity contribution in [2.45, 2.75) is 17.4 Å². The predicted octanol–water partition coefficient (Wildman–Crippen LogP) is 3.84. The van der Waals surface area contributed by atoms with Crippen molar-refractivity contribution in [2.75, 3.05) is 5.75 Å². The third-order valence-corrected chi connectivity index (χ3v) is 4.66. The van der Waals surface area contributed by atoms with E-state index in [4.69, 9.17) is 4.74 Å². The summed E-state index contributed by atoms with van der Waals surface area (Å²) in [6.07, 6.45) is 1.34. The first-order valence-electron chi connectivity index (χ1n) is 5.33. The smallest absolute Gasteiger partial charge is 0.133 e. The lowest BCUT2D eigenvalue weighted by molar-refractivity contribution is 0.217. The number of para-hydroxylation sites is 1. The van der Waals surface area contributed by atoms with Crippen LogP contribution in [0, 0.1) is 0 Å². The summed E-state index contributed by atoms with van der Waals surface area (Å²) in [6, 6.07) is 12.6. The lowest BCUT2D eigenvalue weighted by Gasteiger charge is -2.25. The van der Waals surface area contributed by atoms with Crippen LogP contribution in [0.4, 0.5) is 0 Å². The molecule has 1 nitrogen and oxygen atoms in total. The van der Waals surface area contributed by atoms with Crippen LogP contribution in [-0.2, 0) is 6.42 Å². The Kier molecular flexibility index (Phi) is 2.89. The number of fused-ring (bicyclic) bond motifs is 1. The van der Waals surface area contributed by atoms with Gasteiger partial charge in [0.2, 0.25) is 0 Å². The molecular formula is C13H12OS2. The molecule has 0 bridgehead atoms. The van der Waals surface area contributed by atoms with Gasteiger partial charge < -0.3 is 4.74 Å². The molecule has 2 heterocycles. The Morgan fingerprint density at radius 3 is 3.00 bits per heavy atom. The van der Waals surface area contributed by atoms with Gasteiger partial charge in [0.1, 0.15) is 11.9 Å². The van der Waals surface area contributed by atoms with Crippen LogP contribution in [-0.4, -0.2) is 11.9 Å². The predicted molar refractivity (Wildman–Crippen MR) is 69.6 cm³/mol. The van der Waals surface area contributed by atoms with Gasteiger partial charge in [-0.2, -0.15) is 0 Å². The van der Waals surface area contributed by atoms with Crippen molar-refractivity contribution in [3.05, 3.63) is 46.7 Å². The monoisotopic (exact) mass is 248 g/mol. The van der Waals surface area contributed by atoms with E-state index in [9.17, 15) is 0 Å². The maximum atomic E-state index is 5.99. The second kappa shape index (κ2) is 4.52. The Balaban J connectivity index is 1.73. The molecule has 0 aliphatic carbocycles. The lowest BCUT2D eigenvalue weighted by Crippen LogP contribution is -2.25. The molecular weight excluding hydrogens is 236 g/mol. The minimum atomic E-state index is 0.318. The molecule has 1 aliphatic heterocycles. The Labute approximate surface area is 103 Å². The van der Waals surface area contributed by atoms with E-state index in [0.717, 1.165) is 17.9 Å². The van der Waals surface area contributed by atoms with Crippen LogP contribution in [0.3, 0.4) is 0 Å². The van der Waals surface area contributed by atoms with E-state index in [-0.39, 0.29) is 0 Å². The topological polar surface area (TPSA) is 9.23 Å². The van der Waals surface area contributed by atoms with E-state index in [1.165, 1.54) is 9.77 Å². The molecule has 1 aromatic heterocycles. The molecule has 0 saturated heterocycles. The fraction of sp³-hybridized carbons (Fsp3) is 0.231. The molecule has 0 N–H and O–H groups in total. The number of rotatable bonds is 2. The first-order chi connectivity index (χ1) is 7.92. The maximum absolute atomic E-state index is 5.99. The quantitative estimate of drug-likeness (QED) is 0.798. The average Bonchev–Trinajstić information content (AvgIpc) is 2.82. The highest BCUT2D eigenvalue weighted by Gasteiger charge is 2.20. The molecule has 0 fully saturated rings. The summed E-state index contributed by atoms with van der Waals surface area (Å²) < 4.78 is 5.99. The Morgan fingerprint density at radius 2 is 2.12 bits per heavy atom. The minimum absolute atomic E-state index is 0.318. The summed E-state index contributed by atoms with van der Waals surface area (Å²) >= 11 is 3.71. The molecule has 0 spiro atoms. The van der Waals surface area contributed by atoms with Crippen molar-refractivity contribution >= 4 is 23.1 Å². The van der Waals surface area contributed by atoms with Crippen LogP contribution < -0.4 is 4.74 Å². The molecule has 1 aromatic carbocycles. The number of hydrogen-bond donors (Lipinski definition) is 0. The number of benzene rings is 1. The van der Waals surface area contributed by atoms with Gasteiger partial charge in [-0.25, -0.2) is 0 Å². The van der Waals surface area contributed by atoms with Crippen LogP contribution in [0.1, 0.15) is 4.88 Å². The number of hydrogen-bond acceptors (Lipinski definition) is 3. The van der Waals surface area contributed by atoms with Gasteiger partial charge in [0, 0.05) is 21.9 Å². The van der Waals surface area contributed by atoms with E-state index >= 15 is 0 Å². The molecule has 1 unspecified atom stereocenters. The highest BCUT2D eigenvalue weighted by molar-refractivity contribution is 7.99. The fourth-order valence-corrected chi connectivity index (χ4v) is 3.57. The molecule has 2 aromatic rings. The summed E-state index contributed by atoms with van der Waals surface area (Å²) in [5, 5.41) is 2.12. The fourth-order valence-electron chi connectivity index (χ4n) is 1.82. The SMILES string of the molecule is c1csc(CC2CSc3ccccc3O2)c1. The van der Waals surface area contributed by atoms with Gasteiger partial charge in [-0.3, -0.25) is 0 Å². The number of thiophene rings is 1. The van der Waals surface area contributed by atoms with Crippen molar-refractivity contribution in [1.82, 2.24) is 0 Å². The highest BCUT2D eigenvalue weighted by Crippen LogP contribution is 2.35. The summed E-state index contributed by atoms with van der Waals surface area (Å²) in [6.45, 7) is 0. The highest BCUT2D eigenvalue weighted by atomic mass is 32.2. The third-order valence-electron chi connectivity index (χ3n) is 2.58. The first-order valence-corrected chi connectivity index (χ1v) is 7.19. The Morgan fingerprint density at radius 1 is 1.19 bits per heavy atom. The normalized spacial score (nSPS) is 18.9. The number of thioether (sulfide) groups is 1. The van der Waals surface area contributed by atoms with Crippen molar-refractivity contribution in [3.63, 3.8) is 0 Å². The van der Waals surface area contributed by atoms with Gasteiger partial charge in [0.15, 0.2) is 0 Å². The van der Waals surface area contributed by atoms with Crippen molar-refractivity contribution in [2.24, 2.45) is 0 Å². The molecule has 0 amide bonds. The van der Waals surface area contributed by atoms with Gasteiger partial charge in [-0.1, -0.05) is 18.2 Å². The summed E-state index contributed by atoms with van der Waals surface area (Å²) in [5.41, 5.74) is 0. The molecule has 3 heteroatoms. The van der Waals surface area contributed by atoms with Crippen LogP contribution in [0.25, 0.3) is 0 Å². The van der Waals surface area contributed by atoms with Gasteiger partial charge in [-0.05, 0) is 23.6 Å². The second-order valence-corrected chi connectivity index (χ2v) is 5.88. The zero-order valence-electron chi connectivity index (χ0n) is 8.76. The Bertz CT molecular complexity index is 465. The average molecular weight is 248 g/mol. The summed E-state index contributed by atoms with van der Waals surface area (Å²) in [4.78, 5) is 2.68. The molecule has 0 radical (unpaired) electrons. The van der Waals surface area contributed by atoms with Gasteiger partial charge in [-0.15, -0.1) is 23.1 Å². The zero-order chi connectivity index (χ0) is 10.8. The molecule has 16 heavy (non-hydrogen) atoms. The van der Waals surface area contributed by atoms with Crippen LogP contribution in [0.2, 0.25) is 0 Å². The van der Waals surface area contributed by atoms with Crippen molar-refractivity contribution in [3.8, 4) is 5.75 Å². The van der Waals surface area contributed by atoms with E-state index in [0.29, 0.717) is 6.10 Å². The van der Waals surface area contributed by atoms with Gasteiger partial charge in [0.05, 0.1) is 0 Å². The van der Waals surface area contributed by atoms with Crippen molar-refractivity contribution < 1.29 is 4.74 Å². The van der Waals surface area contributed by atoms with E-state index < -0.39 is 0 Å². The van der Waals surface area contributed by atoms with Gasteiger partial charge in [0.25, 0.3) is 0 Å². The molecule has 1 atom stereocenters. The summed E-state index contributed by atoms with van der Waals surface area (Å²) in [5.74, 6) is 2.09. The molecule has 3 rings (SSSR count). The molecule has 1 aliphatic rings. The van der Waals surface area contributed by atoms with Gasteiger partial charge >= 0.3 is 0 Å². The first kappa shape index (κ1) is 10.2. The van der Waals surface area contributed by atoms with E-state index in [1.54, 1.807) is 0 Å². The molecule has 82 valence electrons. The maximum Gasteiger partial charge on any atom is 0.133 e.